The minimum Gasteiger partial charge on any atom is -0.492 e. The molecule has 5 heteroatoms. The topological polar surface area (TPSA) is 49.8 Å². The van der Waals surface area contributed by atoms with Gasteiger partial charge >= 0.3 is 5.97 Å². The Labute approximate surface area is 124 Å². The quantitative estimate of drug-likeness (QED) is 0.877. The zero-order valence-corrected chi connectivity index (χ0v) is 12.4. The summed E-state index contributed by atoms with van der Waals surface area (Å²) in [5.41, 5.74) is -0.569. The number of aliphatic carboxylic acids is 1. The van der Waals surface area contributed by atoms with Crippen LogP contribution in [0.3, 0.4) is 0 Å². The van der Waals surface area contributed by atoms with Crippen LogP contribution in [0.15, 0.2) is 24.3 Å². The van der Waals surface area contributed by atoms with Crippen molar-refractivity contribution in [2.75, 3.05) is 26.2 Å². The molecule has 1 aromatic rings. The van der Waals surface area contributed by atoms with Gasteiger partial charge in [0, 0.05) is 18.1 Å². The monoisotopic (exact) mass is 297 g/mol. The third-order valence-electron chi connectivity index (χ3n) is 4.05. The van der Waals surface area contributed by atoms with Gasteiger partial charge in [-0.3, -0.25) is 9.69 Å². The van der Waals surface area contributed by atoms with E-state index in [0.717, 1.165) is 25.3 Å². The molecule has 0 amide bonds. The van der Waals surface area contributed by atoms with Gasteiger partial charge in [-0.1, -0.05) is 18.5 Å². The lowest BCUT2D eigenvalue weighted by atomic mass is 9.84. The molecule has 1 N–H and O–H groups in total. The maximum atomic E-state index is 11.4. The summed E-state index contributed by atoms with van der Waals surface area (Å²) in [5.74, 6) is 0.106. The first-order valence-corrected chi connectivity index (χ1v) is 7.28. The van der Waals surface area contributed by atoms with Crippen molar-refractivity contribution in [3.63, 3.8) is 0 Å². The Morgan fingerprint density at radius 2 is 2.15 bits per heavy atom. The summed E-state index contributed by atoms with van der Waals surface area (Å²) in [7, 11) is 0. The Kier molecular flexibility index (Phi) is 4.89. The molecule has 0 spiro atoms. The Hall–Kier alpha value is -1.26. The fraction of sp³-hybridized carbons (Fsp3) is 0.533. The number of likely N-dealkylation sites (tertiary alicyclic amines) is 1. The SMILES string of the molecule is CCC1(C(=O)O)CCN(CCOc2ccc(Cl)cc2)C1. The Bertz CT molecular complexity index is 463. The van der Waals surface area contributed by atoms with Crippen molar-refractivity contribution in [3.8, 4) is 5.75 Å². The fourth-order valence-corrected chi connectivity index (χ4v) is 2.71. The number of carboxylic acid groups (broad SMARTS) is 1. The summed E-state index contributed by atoms with van der Waals surface area (Å²) in [6.07, 6.45) is 1.40. The molecule has 1 aliphatic heterocycles. The molecule has 4 nitrogen and oxygen atoms in total. The average molecular weight is 298 g/mol. The summed E-state index contributed by atoms with van der Waals surface area (Å²) < 4.78 is 5.64. The smallest absolute Gasteiger partial charge is 0.310 e. The van der Waals surface area contributed by atoms with Crippen LogP contribution in [-0.2, 0) is 4.79 Å². The van der Waals surface area contributed by atoms with Crippen LogP contribution in [0, 0.1) is 5.41 Å². The van der Waals surface area contributed by atoms with E-state index in [2.05, 4.69) is 4.90 Å². The molecule has 0 aliphatic carbocycles. The largest absolute Gasteiger partial charge is 0.492 e. The van der Waals surface area contributed by atoms with E-state index in [1.165, 1.54) is 0 Å². The van der Waals surface area contributed by atoms with Gasteiger partial charge in [0.15, 0.2) is 0 Å². The zero-order valence-electron chi connectivity index (χ0n) is 11.6. The Morgan fingerprint density at radius 1 is 1.45 bits per heavy atom. The summed E-state index contributed by atoms with van der Waals surface area (Å²) in [4.78, 5) is 13.5. The molecule has 1 fully saturated rings. The lowest BCUT2D eigenvalue weighted by Gasteiger charge is -2.23. The van der Waals surface area contributed by atoms with E-state index in [1.807, 2.05) is 19.1 Å². The molecule has 2 rings (SSSR count). The number of hydrogen-bond acceptors (Lipinski definition) is 3. The number of halogens is 1. The van der Waals surface area contributed by atoms with E-state index in [9.17, 15) is 9.90 Å². The summed E-state index contributed by atoms with van der Waals surface area (Å²) in [6, 6.07) is 7.25. The summed E-state index contributed by atoms with van der Waals surface area (Å²) >= 11 is 5.81. The second-order valence-corrected chi connectivity index (χ2v) is 5.70. The van der Waals surface area contributed by atoms with E-state index < -0.39 is 11.4 Å². The zero-order chi connectivity index (χ0) is 14.6. The predicted molar refractivity (Wildman–Crippen MR) is 78.4 cm³/mol. The van der Waals surface area contributed by atoms with Gasteiger partial charge in [-0.15, -0.1) is 0 Å². The van der Waals surface area contributed by atoms with Gasteiger partial charge in [-0.25, -0.2) is 0 Å². The second-order valence-electron chi connectivity index (χ2n) is 5.27. The molecule has 0 aromatic heterocycles. The number of nitrogens with zero attached hydrogens (tertiary/aromatic N) is 1. The normalized spacial score (nSPS) is 22.9. The van der Waals surface area contributed by atoms with Crippen LogP contribution in [-0.4, -0.2) is 42.2 Å². The van der Waals surface area contributed by atoms with Gasteiger partial charge in [0.05, 0.1) is 5.41 Å². The lowest BCUT2D eigenvalue weighted by molar-refractivity contribution is -0.148. The first kappa shape index (κ1) is 15.1. The molecule has 1 aliphatic rings. The first-order chi connectivity index (χ1) is 9.55. The third-order valence-corrected chi connectivity index (χ3v) is 4.31. The van der Waals surface area contributed by atoms with Gasteiger partial charge in [0.1, 0.15) is 12.4 Å². The van der Waals surface area contributed by atoms with Crippen molar-refractivity contribution in [2.24, 2.45) is 5.41 Å². The molecular formula is C15H20ClNO3. The summed E-state index contributed by atoms with van der Waals surface area (Å²) in [6.45, 7) is 4.69. The molecule has 1 aromatic carbocycles. The highest BCUT2D eigenvalue weighted by Gasteiger charge is 2.42. The fourth-order valence-electron chi connectivity index (χ4n) is 2.59. The third kappa shape index (κ3) is 3.44. The van der Waals surface area contributed by atoms with E-state index in [4.69, 9.17) is 16.3 Å². The van der Waals surface area contributed by atoms with Crippen LogP contribution in [0.2, 0.25) is 5.02 Å². The van der Waals surface area contributed by atoms with Crippen LogP contribution in [0.1, 0.15) is 19.8 Å². The molecule has 1 saturated heterocycles. The number of carbonyl (C=O) groups is 1. The molecule has 1 atom stereocenters. The van der Waals surface area contributed by atoms with Crippen molar-refractivity contribution in [1.82, 2.24) is 4.90 Å². The highest BCUT2D eigenvalue weighted by Crippen LogP contribution is 2.33. The highest BCUT2D eigenvalue weighted by molar-refractivity contribution is 6.30. The van der Waals surface area contributed by atoms with Gasteiger partial charge in [0.25, 0.3) is 0 Å². The maximum Gasteiger partial charge on any atom is 0.310 e. The minimum absolute atomic E-state index is 0.557. The van der Waals surface area contributed by atoms with Crippen molar-refractivity contribution in [2.45, 2.75) is 19.8 Å². The van der Waals surface area contributed by atoms with Crippen LogP contribution >= 0.6 is 11.6 Å². The maximum absolute atomic E-state index is 11.4. The number of hydrogen-bond donors (Lipinski definition) is 1. The molecule has 0 radical (unpaired) electrons. The molecule has 20 heavy (non-hydrogen) atoms. The van der Waals surface area contributed by atoms with Crippen LogP contribution in [0.5, 0.6) is 5.75 Å². The second kappa shape index (κ2) is 6.46. The number of ether oxygens (including phenoxy) is 1. The molecule has 1 unspecified atom stereocenters. The minimum atomic E-state index is -0.680. The molecule has 0 bridgehead atoms. The standard InChI is InChI=1S/C15H20ClNO3/c1-2-15(14(18)19)7-8-17(11-15)9-10-20-13-5-3-12(16)4-6-13/h3-6H,2,7-11H2,1H3,(H,18,19). The number of rotatable bonds is 6. The van der Waals surface area contributed by atoms with Gasteiger partial charge < -0.3 is 9.84 Å². The highest BCUT2D eigenvalue weighted by atomic mass is 35.5. The van der Waals surface area contributed by atoms with Crippen LogP contribution < -0.4 is 4.74 Å². The number of benzene rings is 1. The molecular weight excluding hydrogens is 278 g/mol. The number of carboxylic acids is 1. The predicted octanol–water partition coefficient (Wildman–Crippen LogP) is 2.91. The van der Waals surface area contributed by atoms with Crippen LogP contribution in [0.4, 0.5) is 0 Å². The summed E-state index contributed by atoms with van der Waals surface area (Å²) in [5, 5.41) is 10.0. The average Bonchev–Trinajstić information content (AvgIpc) is 2.86. The van der Waals surface area contributed by atoms with Crippen molar-refractivity contribution < 1.29 is 14.6 Å². The van der Waals surface area contributed by atoms with E-state index >= 15 is 0 Å². The van der Waals surface area contributed by atoms with Gasteiger partial charge in [-0.2, -0.15) is 0 Å². The van der Waals surface area contributed by atoms with Crippen LogP contribution in [0.25, 0.3) is 0 Å². The Morgan fingerprint density at radius 3 is 2.70 bits per heavy atom. The van der Waals surface area contributed by atoms with Gasteiger partial charge in [-0.05, 0) is 43.7 Å². The van der Waals surface area contributed by atoms with Crippen molar-refractivity contribution in [3.05, 3.63) is 29.3 Å². The van der Waals surface area contributed by atoms with Crippen molar-refractivity contribution in [1.29, 1.82) is 0 Å². The molecule has 0 saturated carbocycles. The van der Waals surface area contributed by atoms with Gasteiger partial charge in [0.2, 0.25) is 0 Å². The van der Waals surface area contributed by atoms with Crippen molar-refractivity contribution >= 4 is 17.6 Å². The lowest BCUT2D eigenvalue weighted by Crippen LogP contribution is -2.35. The van der Waals surface area contributed by atoms with E-state index in [-0.39, 0.29) is 0 Å². The molecule has 110 valence electrons. The van der Waals surface area contributed by atoms with E-state index in [0.29, 0.717) is 24.6 Å². The first-order valence-electron chi connectivity index (χ1n) is 6.90. The van der Waals surface area contributed by atoms with E-state index in [1.54, 1.807) is 12.1 Å². The Balaban J connectivity index is 1.78. The molecule has 1 heterocycles.